The summed E-state index contributed by atoms with van der Waals surface area (Å²) in [5, 5.41) is 0. The lowest BCUT2D eigenvalue weighted by Crippen LogP contribution is -2.38. The molecule has 0 aliphatic carbocycles. The zero-order chi connectivity index (χ0) is 10.6. The zero-order valence-electron chi connectivity index (χ0n) is 9.75. The third-order valence-corrected chi connectivity index (χ3v) is 3.12. The van der Waals surface area contributed by atoms with Crippen LogP contribution in [0.25, 0.3) is 0 Å². The first-order chi connectivity index (χ1) is 6.61. The zero-order valence-corrected chi connectivity index (χ0v) is 9.75. The maximum absolute atomic E-state index is 2.31. The highest BCUT2D eigenvalue weighted by atomic mass is 15.1. The molecule has 0 spiro atoms. The summed E-state index contributed by atoms with van der Waals surface area (Å²) in [7, 11) is 4.31. The average molecular weight is 191 g/mol. The molecule has 0 aromatic heterocycles. The molecule has 0 heterocycles. The predicted molar refractivity (Wildman–Crippen MR) is 62.4 cm³/mol. The number of benzene rings is 1. The molecule has 0 N–H and O–H groups in total. The molecule has 0 bridgehead atoms. The minimum absolute atomic E-state index is 0.177. The van der Waals surface area contributed by atoms with Crippen molar-refractivity contribution >= 4 is 0 Å². The Morgan fingerprint density at radius 2 is 1.71 bits per heavy atom. The van der Waals surface area contributed by atoms with Crippen molar-refractivity contribution in [1.29, 1.82) is 0 Å². The van der Waals surface area contributed by atoms with Gasteiger partial charge in [-0.15, -0.1) is 0 Å². The highest BCUT2D eigenvalue weighted by Crippen LogP contribution is 2.30. The molecule has 0 amide bonds. The highest BCUT2D eigenvalue weighted by molar-refractivity contribution is 5.23. The molecular weight excluding hydrogens is 170 g/mol. The van der Waals surface area contributed by atoms with E-state index in [-0.39, 0.29) is 5.54 Å². The third kappa shape index (κ3) is 2.16. The van der Waals surface area contributed by atoms with Crippen molar-refractivity contribution in [3.8, 4) is 0 Å². The van der Waals surface area contributed by atoms with Gasteiger partial charge in [-0.2, -0.15) is 0 Å². The minimum atomic E-state index is 0.177. The Morgan fingerprint density at radius 3 is 2.14 bits per heavy atom. The lowest BCUT2D eigenvalue weighted by atomic mass is 9.86. The van der Waals surface area contributed by atoms with E-state index in [0.717, 1.165) is 0 Å². The fourth-order valence-corrected chi connectivity index (χ4v) is 1.91. The number of rotatable bonds is 4. The normalized spacial score (nSPS) is 15.5. The van der Waals surface area contributed by atoms with Gasteiger partial charge in [0, 0.05) is 5.54 Å². The number of hydrogen-bond acceptors (Lipinski definition) is 1. The summed E-state index contributed by atoms with van der Waals surface area (Å²) < 4.78 is 0. The fourth-order valence-electron chi connectivity index (χ4n) is 1.91. The van der Waals surface area contributed by atoms with E-state index in [4.69, 9.17) is 0 Å². The Kier molecular flexibility index (Phi) is 3.70. The lowest BCUT2D eigenvalue weighted by molar-refractivity contribution is 0.159. The average Bonchev–Trinajstić information content (AvgIpc) is 2.19. The van der Waals surface area contributed by atoms with E-state index in [1.54, 1.807) is 0 Å². The summed E-state index contributed by atoms with van der Waals surface area (Å²) in [6.45, 7) is 4.55. The van der Waals surface area contributed by atoms with Gasteiger partial charge in [0.2, 0.25) is 0 Å². The van der Waals surface area contributed by atoms with Crippen LogP contribution in [0.5, 0.6) is 0 Å². The third-order valence-electron chi connectivity index (χ3n) is 3.12. The van der Waals surface area contributed by atoms with Crippen molar-refractivity contribution in [3.63, 3.8) is 0 Å². The molecule has 1 aromatic rings. The molecule has 1 nitrogen and oxygen atoms in total. The fraction of sp³-hybridized carbons (Fsp3) is 0.538. The second-order valence-electron chi connectivity index (χ2n) is 4.28. The largest absolute Gasteiger partial charge is 0.300 e. The van der Waals surface area contributed by atoms with Gasteiger partial charge in [-0.1, -0.05) is 43.7 Å². The highest BCUT2D eigenvalue weighted by Gasteiger charge is 2.27. The maximum Gasteiger partial charge on any atom is 0.0426 e. The van der Waals surface area contributed by atoms with E-state index in [1.807, 2.05) is 0 Å². The van der Waals surface area contributed by atoms with Gasteiger partial charge in [0.05, 0.1) is 0 Å². The van der Waals surface area contributed by atoms with Gasteiger partial charge in [-0.3, -0.25) is 4.90 Å². The summed E-state index contributed by atoms with van der Waals surface area (Å²) in [4.78, 5) is 2.31. The molecule has 1 heteroatoms. The topological polar surface area (TPSA) is 3.24 Å². The first kappa shape index (κ1) is 11.3. The first-order valence-electron chi connectivity index (χ1n) is 5.34. The molecule has 0 aliphatic rings. The van der Waals surface area contributed by atoms with Crippen molar-refractivity contribution in [2.75, 3.05) is 14.1 Å². The van der Waals surface area contributed by atoms with Gasteiger partial charge in [0.1, 0.15) is 0 Å². The molecule has 0 fully saturated rings. The number of nitrogens with zero attached hydrogens (tertiary/aromatic N) is 1. The van der Waals surface area contributed by atoms with Crippen LogP contribution in [0.3, 0.4) is 0 Å². The second-order valence-corrected chi connectivity index (χ2v) is 4.28. The smallest absolute Gasteiger partial charge is 0.0426 e. The number of hydrogen-bond donors (Lipinski definition) is 0. The van der Waals surface area contributed by atoms with Crippen LogP contribution in [0.2, 0.25) is 0 Å². The summed E-state index contributed by atoms with van der Waals surface area (Å²) in [5.41, 5.74) is 1.59. The minimum Gasteiger partial charge on any atom is -0.300 e. The quantitative estimate of drug-likeness (QED) is 0.706. The van der Waals surface area contributed by atoms with Gasteiger partial charge < -0.3 is 0 Å². The molecule has 0 radical (unpaired) electrons. The maximum atomic E-state index is 2.31. The van der Waals surface area contributed by atoms with Crippen molar-refractivity contribution in [2.24, 2.45) is 0 Å². The van der Waals surface area contributed by atoms with Gasteiger partial charge >= 0.3 is 0 Å². The van der Waals surface area contributed by atoms with Gasteiger partial charge in [0.15, 0.2) is 0 Å². The van der Waals surface area contributed by atoms with Crippen LogP contribution >= 0.6 is 0 Å². The monoisotopic (exact) mass is 191 g/mol. The van der Waals surface area contributed by atoms with Crippen LogP contribution < -0.4 is 0 Å². The van der Waals surface area contributed by atoms with E-state index in [9.17, 15) is 0 Å². The van der Waals surface area contributed by atoms with Crippen LogP contribution in [0, 0.1) is 0 Å². The molecule has 0 saturated heterocycles. The van der Waals surface area contributed by atoms with E-state index >= 15 is 0 Å². The van der Waals surface area contributed by atoms with Gasteiger partial charge in [-0.25, -0.2) is 0 Å². The van der Waals surface area contributed by atoms with Crippen molar-refractivity contribution in [3.05, 3.63) is 35.9 Å². The van der Waals surface area contributed by atoms with Crippen LogP contribution in [-0.2, 0) is 5.54 Å². The molecule has 0 saturated carbocycles. The molecule has 1 atom stereocenters. The Labute approximate surface area is 87.7 Å². The summed E-state index contributed by atoms with van der Waals surface area (Å²) in [6, 6.07) is 10.7. The van der Waals surface area contributed by atoms with Crippen molar-refractivity contribution in [1.82, 2.24) is 4.90 Å². The Morgan fingerprint density at radius 1 is 1.14 bits per heavy atom. The Hall–Kier alpha value is -0.820. The second kappa shape index (κ2) is 4.61. The van der Waals surface area contributed by atoms with Gasteiger partial charge in [0.25, 0.3) is 0 Å². The molecule has 1 unspecified atom stereocenters. The van der Waals surface area contributed by atoms with Crippen molar-refractivity contribution in [2.45, 2.75) is 32.2 Å². The predicted octanol–water partition coefficient (Wildman–Crippen LogP) is 3.26. The van der Waals surface area contributed by atoms with E-state index in [1.165, 1.54) is 18.4 Å². The van der Waals surface area contributed by atoms with E-state index in [2.05, 4.69) is 63.2 Å². The molecular formula is C13H21N. The van der Waals surface area contributed by atoms with Crippen molar-refractivity contribution < 1.29 is 0 Å². The molecule has 0 aliphatic heterocycles. The van der Waals surface area contributed by atoms with Crippen LogP contribution in [-0.4, -0.2) is 19.0 Å². The summed E-state index contributed by atoms with van der Waals surface area (Å²) >= 11 is 0. The van der Waals surface area contributed by atoms with Crippen LogP contribution in [0.15, 0.2) is 30.3 Å². The van der Waals surface area contributed by atoms with E-state index in [0.29, 0.717) is 0 Å². The Bertz CT molecular complexity index is 266. The van der Waals surface area contributed by atoms with Gasteiger partial charge in [-0.05, 0) is 33.0 Å². The summed E-state index contributed by atoms with van der Waals surface area (Å²) in [5.74, 6) is 0. The lowest BCUT2D eigenvalue weighted by Gasteiger charge is -2.37. The SMILES string of the molecule is CCCC(C)(c1ccccc1)N(C)C. The first-order valence-corrected chi connectivity index (χ1v) is 5.34. The van der Waals surface area contributed by atoms with Crippen LogP contribution in [0.1, 0.15) is 32.3 Å². The standard InChI is InChI=1S/C13H21N/c1-5-11-13(2,14(3)4)12-9-7-6-8-10-12/h6-10H,5,11H2,1-4H3. The summed E-state index contributed by atoms with van der Waals surface area (Å²) in [6.07, 6.45) is 2.41. The van der Waals surface area contributed by atoms with E-state index < -0.39 is 0 Å². The molecule has 1 aromatic carbocycles. The van der Waals surface area contributed by atoms with Crippen LogP contribution in [0.4, 0.5) is 0 Å². The molecule has 1 rings (SSSR count). The molecule has 78 valence electrons. The Balaban J connectivity index is 2.99. The molecule has 14 heavy (non-hydrogen) atoms.